The van der Waals surface area contributed by atoms with E-state index in [1.54, 1.807) is 6.08 Å². The van der Waals surface area contributed by atoms with Gasteiger partial charge in [-0.15, -0.1) is 0 Å². The van der Waals surface area contributed by atoms with Crippen molar-refractivity contribution in [3.8, 4) is 6.07 Å². The van der Waals surface area contributed by atoms with E-state index in [1.807, 2.05) is 0 Å². The van der Waals surface area contributed by atoms with E-state index < -0.39 is 5.83 Å². The van der Waals surface area contributed by atoms with Gasteiger partial charge in [-0.05, 0) is 74.0 Å². The fraction of sp³-hybridized carbons (Fsp3) is 0.522. The smallest absolute Gasteiger partial charge is 0.195 e. The van der Waals surface area contributed by atoms with Crippen molar-refractivity contribution in [2.24, 2.45) is 11.8 Å². The SMILES string of the molecule is CCc1ccc(CCCCC2CCC(C=CC=C(F)C#N)CC2)cc1. The highest BCUT2D eigenvalue weighted by molar-refractivity contribution is 5.22. The molecule has 0 radical (unpaired) electrons. The molecule has 1 saturated carbocycles. The first kappa shape index (κ1) is 19.4. The number of benzene rings is 1. The van der Waals surface area contributed by atoms with Crippen molar-refractivity contribution in [2.45, 2.75) is 64.7 Å². The molecule has 0 bridgehead atoms. The first-order valence-electron chi connectivity index (χ1n) is 9.73. The molecule has 0 amide bonds. The molecule has 0 unspecified atom stereocenters. The maximum Gasteiger partial charge on any atom is 0.199 e. The highest BCUT2D eigenvalue weighted by atomic mass is 19.1. The van der Waals surface area contributed by atoms with E-state index >= 15 is 0 Å². The molecule has 0 aromatic heterocycles. The molecule has 0 saturated heterocycles. The van der Waals surface area contributed by atoms with Gasteiger partial charge in [0.1, 0.15) is 6.07 Å². The highest BCUT2D eigenvalue weighted by Gasteiger charge is 2.18. The molecule has 1 aromatic carbocycles. The minimum atomic E-state index is -0.714. The molecular weight excluding hydrogens is 309 g/mol. The summed E-state index contributed by atoms with van der Waals surface area (Å²) in [4.78, 5) is 0. The summed E-state index contributed by atoms with van der Waals surface area (Å²) in [6.45, 7) is 2.20. The van der Waals surface area contributed by atoms with Gasteiger partial charge in [0, 0.05) is 0 Å². The van der Waals surface area contributed by atoms with Gasteiger partial charge in [-0.1, -0.05) is 56.2 Å². The van der Waals surface area contributed by atoms with Crippen LogP contribution >= 0.6 is 0 Å². The molecular formula is C23H30FN. The van der Waals surface area contributed by atoms with E-state index in [4.69, 9.17) is 5.26 Å². The van der Waals surface area contributed by atoms with Crippen LogP contribution in [0.5, 0.6) is 0 Å². The van der Waals surface area contributed by atoms with Crippen molar-refractivity contribution >= 4 is 0 Å². The summed E-state index contributed by atoms with van der Waals surface area (Å²) < 4.78 is 12.7. The fourth-order valence-corrected chi connectivity index (χ4v) is 3.71. The van der Waals surface area contributed by atoms with Gasteiger partial charge in [0.15, 0.2) is 5.83 Å². The van der Waals surface area contributed by atoms with Gasteiger partial charge in [-0.3, -0.25) is 0 Å². The Kier molecular flexibility index (Phi) is 8.46. The van der Waals surface area contributed by atoms with Crippen molar-refractivity contribution in [1.29, 1.82) is 5.26 Å². The van der Waals surface area contributed by atoms with Crippen LogP contribution in [0, 0.1) is 23.2 Å². The second-order valence-electron chi connectivity index (χ2n) is 7.21. The number of unbranched alkanes of at least 4 members (excludes halogenated alkanes) is 1. The minimum Gasteiger partial charge on any atom is -0.195 e. The summed E-state index contributed by atoms with van der Waals surface area (Å²) >= 11 is 0. The van der Waals surface area contributed by atoms with Crippen molar-refractivity contribution < 1.29 is 4.39 Å². The number of hydrogen-bond acceptors (Lipinski definition) is 1. The third-order valence-corrected chi connectivity index (χ3v) is 5.38. The first-order chi connectivity index (χ1) is 12.2. The lowest BCUT2D eigenvalue weighted by atomic mass is 9.79. The van der Waals surface area contributed by atoms with Crippen molar-refractivity contribution in [3.05, 3.63) is 59.4 Å². The molecule has 0 spiro atoms. The van der Waals surface area contributed by atoms with Crippen LogP contribution in [0.4, 0.5) is 4.39 Å². The van der Waals surface area contributed by atoms with Crippen molar-refractivity contribution in [3.63, 3.8) is 0 Å². The molecule has 0 heterocycles. The Balaban J connectivity index is 1.60. The number of nitriles is 1. The molecule has 0 N–H and O–H groups in total. The van der Waals surface area contributed by atoms with E-state index in [2.05, 4.69) is 37.3 Å². The molecule has 2 heteroatoms. The summed E-state index contributed by atoms with van der Waals surface area (Å²) in [6.07, 6.45) is 16.2. The highest BCUT2D eigenvalue weighted by Crippen LogP contribution is 2.32. The third kappa shape index (κ3) is 7.26. The molecule has 0 atom stereocenters. The molecule has 1 aromatic rings. The molecule has 1 aliphatic carbocycles. The van der Waals surface area contributed by atoms with Gasteiger partial charge in [0.2, 0.25) is 0 Å². The lowest BCUT2D eigenvalue weighted by Crippen LogP contribution is -2.13. The predicted molar refractivity (Wildman–Crippen MR) is 103 cm³/mol. The number of rotatable bonds is 8. The molecule has 1 aliphatic rings. The maximum atomic E-state index is 12.7. The number of hydrogen-bond donors (Lipinski definition) is 0. The first-order valence-corrected chi connectivity index (χ1v) is 9.73. The maximum absolute atomic E-state index is 12.7. The lowest BCUT2D eigenvalue weighted by molar-refractivity contribution is 0.289. The van der Waals surface area contributed by atoms with Gasteiger partial charge in [0.05, 0.1) is 0 Å². The standard InChI is InChI=1S/C23H30FN/c1-2-19-10-12-20(13-11-19)6-3-4-7-21-14-16-22(17-15-21)8-5-9-23(24)18-25/h5,8-13,21-22H,2-4,6-7,14-17H2,1H3. The number of allylic oxidation sites excluding steroid dienone is 4. The monoisotopic (exact) mass is 339 g/mol. The average molecular weight is 339 g/mol. The van der Waals surface area contributed by atoms with Crippen molar-refractivity contribution in [2.75, 3.05) is 0 Å². The van der Waals surface area contributed by atoms with Crippen LogP contribution in [0.25, 0.3) is 0 Å². The van der Waals surface area contributed by atoms with Crippen LogP contribution in [0.1, 0.15) is 63.0 Å². The average Bonchev–Trinajstić information content (AvgIpc) is 2.66. The quantitative estimate of drug-likeness (QED) is 0.293. The van der Waals surface area contributed by atoms with Crippen molar-refractivity contribution in [1.82, 2.24) is 0 Å². The van der Waals surface area contributed by atoms with E-state index in [0.29, 0.717) is 5.92 Å². The zero-order valence-electron chi connectivity index (χ0n) is 15.4. The second kappa shape index (κ2) is 10.9. The fourth-order valence-electron chi connectivity index (χ4n) is 3.71. The zero-order valence-corrected chi connectivity index (χ0v) is 15.4. The third-order valence-electron chi connectivity index (χ3n) is 5.38. The van der Waals surface area contributed by atoms with Crippen LogP contribution in [-0.2, 0) is 12.8 Å². The number of aryl methyl sites for hydroxylation is 2. The Hall–Kier alpha value is -1.88. The Labute approximate surface area is 152 Å². The van der Waals surface area contributed by atoms with E-state index in [9.17, 15) is 4.39 Å². The van der Waals surface area contributed by atoms with E-state index in [0.717, 1.165) is 12.3 Å². The number of nitrogens with zero attached hydrogens (tertiary/aromatic N) is 1. The molecule has 25 heavy (non-hydrogen) atoms. The largest absolute Gasteiger partial charge is 0.199 e. The van der Waals surface area contributed by atoms with Gasteiger partial charge in [-0.2, -0.15) is 9.65 Å². The predicted octanol–water partition coefficient (Wildman–Crippen LogP) is 6.70. The Bertz CT molecular complexity index is 598. The molecule has 0 aliphatic heterocycles. The molecule has 1 nitrogen and oxygen atoms in total. The van der Waals surface area contributed by atoms with Crippen LogP contribution in [0.3, 0.4) is 0 Å². The van der Waals surface area contributed by atoms with Crippen LogP contribution in [-0.4, -0.2) is 0 Å². The normalized spacial score (nSPS) is 21.4. The van der Waals surface area contributed by atoms with Gasteiger partial charge >= 0.3 is 0 Å². The number of halogens is 1. The van der Waals surface area contributed by atoms with Crippen LogP contribution in [0.2, 0.25) is 0 Å². The van der Waals surface area contributed by atoms with Gasteiger partial charge < -0.3 is 0 Å². The van der Waals surface area contributed by atoms with Crippen LogP contribution in [0.15, 0.2) is 48.3 Å². The second-order valence-corrected chi connectivity index (χ2v) is 7.21. The van der Waals surface area contributed by atoms with Gasteiger partial charge in [-0.25, -0.2) is 0 Å². The molecule has 134 valence electrons. The summed E-state index contributed by atoms with van der Waals surface area (Å²) in [5, 5.41) is 8.38. The topological polar surface area (TPSA) is 23.8 Å². The molecule has 2 rings (SSSR count). The Morgan fingerprint density at radius 2 is 1.80 bits per heavy atom. The minimum absolute atomic E-state index is 0.552. The lowest BCUT2D eigenvalue weighted by Gasteiger charge is -2.26. The van der Waals surface area contributed by atoms with E-state index in [1.165, 1.54) is 74.6 Å². The zero-order chi connectivity index (χ0) is 17.9. The summed E-state index contributed by atoms with van der Waals surface area (Å²) in [6, 6.07) is 10.6. The molecule has 1 fully saturated rings. The van der Waals surface area contributed by atoms with E-state index in [-0.39, 0.29) is 0 Å². The summed E-state index contributed by atoms with van der Waals surface area (Å²) in [5.41, 5.74) is 2.88. The Morgan fingerprint density at radius 3 is 2.44 bits per heavy atom. The summed E-state index contributed by atoms with van der Waals surface area (Å²) in [5.74, 6) is 0.698. The summed E-state index contributed by atoms with van der Waals surface area (Å²) in [7, 11) is 0. The van der Waals surface area contributed by atoms with Gasteiger partial charge in [0.25, 0.3) is 0 Å². The van der Waals surface area contributed by atoms with Crippen LogP contribution < -0.4 is 0 Å². The Morgan fingerprint density at radius 1 is 1.12 bits per heavy atom.